The van der Waals surface area contributed by atoms with Crippen molar-refractivity contribution in [2.24, 2.45) is 0 Å². The summed E-state index contributed by atoms with van der Waals surface area (Å²) in [7, 11) is 0. The predicted molar refractivity (Wildman–Crippen MR) is 91.9 cm³/mol. The quantitative estimate of drug-likeness (QED) is 0.796. The Morgan fingerprint density at radius 2 is 2.09 bits per heavy atom. The van der Waals surface area contributed by atoms with Crippen molar-refractivity contribution in [2.45, 2.75) is 32.7 Å². The van der Waals surface area contributed by atoms with Crippen molar-refractivity contribution >= 4 is 35.0 Å². The molecule has 1 unspecified atom stereocenters. The molecule has 118 valence electrons. The third-order valence-corrected chi connectivity index (χ3v) is 3.85. The number of anilines is 2. The second-order valence-electron chi connectivity index (χ2n) is 5.03. The first-order valence-electron chi connectivity index (χ1n) is 7.22. The molecule has 2 rings (SSSR count). The molecule has 1 aromatic carbocycles. The number of halogens is 2. The standard InChI is InChI=1S/C15H19Cl2N5/c1-3-10(2)20-15-21-14(9-19-22-15)18-7-6-11-4-5-12(16)8-13(11)17/h4-5,8-10H,3,6-7H2,1-2H3,(H2,18,20,21,22). The third kappa shape index (κ3) is 5.00. The van der Waals surface area contributed by atoms with E-state index in [1.807, 2.05) is 12.1 Å². The van der Waals surface area contributed by atoms with E-state index in [0.717, 1.165) is 18.4 Å². The van der Waals surface area contributed by atoms with Crippen molar-refractivity contribution in [3.8, 4) is 0 Å². The third-order valence-electron chi connectivity index (χ3n) is 3.26. The van der Waals surface area contributed by atoms with Crippen LogP contribution in [0, 0.1) is 0 Å². The van der Waals surface area contributed by atoms with E-state index in [0.29, 0.717) is 34.4 Å². The molecule has 22 heavy (non-hydrogen) atoms. The van der Waals surface area contributed by atoms with E-state index in [2.05, 4.69) is 39.7 Å². The monoisotopic (exact) mass is 339 g/mol. The summed E-state index contributed by atoms with van der Waals surface area (Å²) in [6.45, 7) is 4.87. The van der Waals surface area contributed by atoms with Crippen molar-refractivity contribution in [3.05, 3.63) is 40.0 Å². The predicted octanol–water partition coefficient (Wildman–Crippen LogP) is 4.04. The van der Waals surface area contributed by atoms with Gasteiger partial charge in [0, 0.05) is 22.6 Å². The van der Waals surface area contributed by atoms with Crippen LogP contribution in [0.15, 0.2) is 24.4 Å². The first kappa shape index (κ1) is 16.8. The SMILES string of the molecule is CCC(C)Nc1nncc(NCCc2ccc(Cl)cc2Cl)n1. The number of hydrogen-bond acceptors (Lipinski definition) is 5. The van der Waals surface area contributed by atoms with Crippen LogP contribution in [-0.2, 0) is 6.42 Å². The van der Waals surface area contributed by atoms with E-state index in [4.69, 9.17) is 23.2 Å². The van der Waals surface area contributed by atoms with Crippen molar-refractivity contribution < 1.29 is 0 Å². The highest BCUT2D eigenvalue weighted by atomic mass is 35.5. The molecule has 0 bridgehead atoms. The largest absolute Gasteiger partial charge is 0.368 e. The summed E-state index contributed by atoms with van der Waals surface area (Å²) in [4.78, 5) is 4.38. The van der Waals surface area contributed by atoms with Crippen LogP contribution in [0.25, 0.3) is 0 Å². The number of aromatic nitrogens is 3. The van der Waals surface area contributed by atoms with Crippen LogP contribution in [0.3, 0.4) is 0 Å². The van der Waals surface area contributed by atoms with E-state index in [-0.39, 0.29) is 0 Å². The van der Waals surface area contributed by atoms with E-state index in [1.165, 1.54) is 0 Å². The Kier molecular flexibility index (Phi) is 6.21. The van der Waals surface area contributed by atoms with Gasteiger partial charge < -0.3 is 10.6 Å². The van der Waals surface area contributed by atoms with Crippen LogP contribution < -0.4 is 10.6 Å². The van der Waals surface area contributed by atoms with Gasteiger partial charge in [-0.3, -0.25) is 0 Å². The minimum absolute atomic E-state index is 0.310. The molecule has 0 aliphatic rings. The summed E-state index contributed by atoms with van der Waals surface area (Å²) in [5.41, 5.74) is 1.04. The lowest BCUT2D eigenvalue weighted by Gasteiger charge is -2.11. The lowest BCUT2D eigenvalue weighted by molar-refractivity contribution is 0.746. The lowest BCUT2D eigenvalue weighted by Crippen LogP contribution is -2.17. The first-order valence-corrected chi connectivity index (χ1v) is 7.98. The van der Waals surface area contributed by atoms with Crippen LogP contribution in [0.4, 0.5) is 11.8 Å². The smallest absolute Gasteiger partial charge is 0.244 e. The molecule has 2 aromatic rings. The molecule has 1 heterocycles. The van der Waals surface area contributed by atoms with E-state index in [9.17, 15) is 0 Å². The molecular weight excluding hydrogens is 321 g/mol. The van der Waals surface area contributed by atoms with Gasteiger partial charge in [-0.05, 0) is 37.5 Å². The average Bonchev–Trinajstić information content (AvgIpc) is 2.50. The van der Waals surface area contributed by atoms with Gasteiger partial charge in [-0.15, -0.1) is 5.10 Å². The highest BCUT2D eigenvalue weighted by molar-refractivity contribution is 6.35. The van der Waals surface area contributed by atoms with Crippen LogP contribution in [0.2, 0.25) is 10.0 Å². The van der Waals surface area contributed by atoms with Gasteiger partial charge in [0.05, 0.1) is 6.20 Å². The molecular formula is C15H19Cl2N5. The van der Waals surface area contributed by atoms with Gasteiger partial charge in [0.15, 0.2) is 5.82 Å². The molecule has 0 aliphatic carbocycles. The van der Waals surface area contributed by atoms with Gasteiger partial charge >= 0.3 is 0 Å². The van der Waals surface area contributed by atoms with Crippen LogP contribution in [0.5, 0.6) is 0 Å². The summed E-state index contributed by atoms with van der Waals surface area (Å²) in [6, 6.07) is 5.83. The van der Waals surface area contributed by atoms with Gasteiger partial charge in [0.1, 0.15) is 0 Å². The fourth-order valence-electron chi connectivity index (χ4n) is 1.82. The number of hydrogen-bond donors (Lipinski definition) is 2. The number of rotatable bonds is 7. The van der Waals surface area contributed by atoms with Gasteiger partial charge in [0.25, 0.3) is 0 Å². The van der Waals surface area contributed by atoms with Crippen LogP contribution in [0.1, 0.15) is 25.8 Å². The topological polar surface area (TPSA) is 62.7 Å². The Morgan fingerprint density at radius 1 is 1.27 bits per heavy atom. The van der Waals surface area contributed by atoms with Crippen LogP contribution in [-0.4, -0.2) is 27.8 Å². The van der Waals surface area contributed by atoms with Crippen molar-refractivity contribution in [3.63, 3.8) is 0 Å². The Morgan fingerprint density at radius 3 is 2.82 bits per heavy atom. The van der Waals surface area contributed by atoms with Crippen LogP contribution >= 0.6 is 23.2 Å². The first-order chi connectivity index (χ1) is 10.6. The zero-order valence-electron chi connectivity index (χ0n) is 12.6. The lowest BCUT2D eigenvalue weighted by atomic mass is 10.1. The normalized spacial score (nSPS) is 12.0. The summed E-state index contributed by atoms with van der Waals surface area (Å²) in [5.74, 6) is 1.22. The highest BCUT2D eigenvalue weighted by Gasteiger charge is 2.05. The number of nitrogens with zero attached hydrogens (tertiary/aromatic N) is 3. The molecule has 1 atom stereocenters. The summed E-state index contributed by atoms with van der Waals surface area (Å²) in [6.07, 6.45) is 3.37. The molecule has 5 nitrogen and oxygen atoms in total. The zero-order chi connectivity index (χ0) is 15.9. The maximum absolute atomic E-state index is 6.15. The molecule has 0 radical (unpaired) electrons. The molecule has 1 aromatic heterocycles. The molecule has 0 fully saturated rings. The van der Waals surface area contributed by atoms with Gasteiger partial charge in [-0.2, -0.15) is 10.1 Å². The number of benzene rings is 1. The molecule has 0 amide bonds. The van der Waals surface area contributed by atoms with Crippen molar-refractivity contribution in [2.75, 3.05) is 17.2 Å². The fraction of sp³-hybridized carbons (Fsp3) is 0.400. The summed E-state index contributed by atoms with van der Waals surface area (Å²) < 4.78 is 0. The Bertz CT molecular complexity index is 621. The molecule has 0 saturated carbocycles. The molecule has 7 heteroatoms. The van der Waals surface area contributed by atoms with E-state index in [1.54, 1.807) is 12.3 Å². The Hall–Kier alpha value is -1.59. The Labute approximate surface area is 140 Å². The minimum atomic E-state index is 0.310. The maximum Gasteiger partial charge on any atom is 0.244 e. The van der Waals surface area contributed by atoms with Crippen molar-refractivity contribution in [1.29, 1.82) is 0 Å². The van der Waals surface area contributed by atoms with Gasteiger partial charge in [-0.25, -0.2) is 0 Å². The molecule has 0 spiro atoms. The average molecular weight is 340 g/mol. The summed E-state index contributed by atoms with van der Waals surface area (Å²) >= 11 is 12.0. The minimum Gasteiger partial charge on any atom is -0.368 e. The fourth-order valence-corrected chi connectivity index (χ4v) is 2.32. The summed E-state index contributed by atoms with van der Waals surface area (Å²) in [5, 5.41) is 15.6. The van der Waals surface area contributed by atoms with Gasteiger partial charge in [-0.1, -0.05) is 36.2 Å². The second kappa shape index (κ2) is 8.15. The van der Waals surface area contributed by atoms with E-state index < -0.39 is 0 Å². The zero-order valence-corrected chi connectivity index (χ0v) is 14.1. The van der Waals surface area contributed by atoms with Crippen molar-refractivity contribution in [1.82, 2.24) is 15.2 Å². The highest BCUT2D eigenvalue weighted by Crippen LogP contribution is 2.21. The maximum atomic E-state index is 6.15. The van der Waals surface area contributed by atoms with Gasteiger partial charge in [0.2, 0.25) is 5.95 Å². The number of nitrogens with one attached hydrogen (secondary N) is 2. The molecule has 0 aliphatic heterocycles. The van der Waals surface area contributed by atoms with E-state index >= 15 is 0 Å². The second-order valence-corrected chi connectivity index (χ2v) is 5.87. The molecule has 2 N–H and O–H groups in total. The molecule has 0 saturated heterocycles. The Balaban J connectivity index is 1.90.